The third kappa shape index (κ3) is 4.35. The maximum absolute atomic E-state index is 14.6. The number of Topliss-reactive ketones (excluding diaryl/α,β-unsaturated/α-hetero) is 1. The van der Waals surface area contributed by atoms with Gasteiger partial charge in [-0.2, -0.15) is 22.0 Å². The molecule has 0 unspecified atom stereocenters. The van der Waals surface area contributed by atoms with Crippen molar-refractivity contribution in [3.05, 3.63) is 51.0 Å². The fourth-order valence-electron chi connectivity index (χ4n) is 3.18. The molecule has 172 valence electrons. The fourth-order valence-corrected chi connectivity index (χ4v) is 5.12. The highest BCUT2D eigenvalue weighted by atomic mass is 32.2. The molecule has 0 aromatic carbocycles. The zero-order valence-corrected chi connectivity index (χ0v) is 17.9. The Labute approximate surface area is 185 Å². The number of carboxylic acid groups (broad SMARTS) is 1. The zero-order chi connectivity index (χ0) is 24.0. The van der Waals surface area contributed by atoms with Gasteiger partial charge in [0.25, 0.3) is 0 Å². The number of ketones is 1. The molecule has 0 radical (unpaired) electrons. The van der Waals surface area contributed by atoms with Crippen LogP contribution in [0.4, 0.5) is 26.3 Å². The molecule has 0 spiro atoms. The van der Waals surface area contributed by atoms with Crippen LogP contribution in [0.5, 0.6) is 0 Å². The average Bonchev–Trinajstić information content (AvgIpc) is 3.23. The number of aliphatic imine (C=N–C) groups is 1. The number of thiophene rings is 1. The van der Waals surface area contributed by atoms with Gasteiger partial charge in [-0.25, -0.2) is 4.39 Å². The van der Waals surface area contributed by atoms with Gasteiger partial charge in [-0.1, -0.05) is 0 Å². The van der Waals surface area contributed by atoms with Crippen molar-refractivity contribution in [1.29, 1.82) is 0 Å². The maximum Gasteiger partial charge on any atom is 0.464 e. The molecule has 1 aliphatic carbocycles. The van der Waals surface area contributed by atoms with Crippen molar-refractivity contribution in [2.75, 3.05) is 7.11 Å². The van der Waals surface area contributed by atoms with Crippen molar-refractivity contribution in [3.63, 3.8) is 0 Å². The smallest absolute Gasteiger partial charge is 0.464 e. The largest absolute Gasteiger partial charge is 0.493 e. The molecule has 0 atom stereocenters. The third-order valence-electron chi connectivity index (χ3n) is 4.50. The first-order chi connectivity index (χ1) is 14.8. The molecule has 2 heterocycles. The molecule has 13 heteroatoms. The standard InChI is InChI=1S/C19H13F6NO4S2/c1-7-8(5-12(27)28)14-10(26-7)6-9(20)17(30-2)15(14)16(29)11-3-4-13(31-11)32-19(24,25)18(21,22)23/h3-4H,5-6H2,1-2H3,(H,27,28). The molecule has 1 aromatic heterocycles. The molecular weight excluding hydrogens is 484 g/mol. The molecule has 0 saturated carbocycles. The number of carboxylic acids is 1. The van der Waals surface area contributed by atoms with Crippen LogP contribution in [0.25, 0.3) is 0 Å². The number of hydrogen-bond donors (Lipinski definition) is 1. The van der Waals surface area contributed by atoms with Crippen LogP contribution in [0.2, 0.25) is 0 Å². The Hall–Kier alpha value is -2.54. The lowest BCUT2D eigenvalue weighted by atomic mass is 9.85. The van der Waals surface area contributed by atoms with E-state index in [9.17, 15) is 41.0 Å². The highest BCUT2D eigenvalue weighted by Gasteiger charge is 2.58. The summed E-state index contributed by atoms with van der Waals surface area (Å²) in [5.74, 6) is -3.46. The first-order valence-electron chi connectivity index (χ1n) is 8.72. The summed E-state index contributed by atoms with van der Waals surface area (Å²) in [7, 11) is 1.09. The highest BCUT2D eigenvalue weighted by Crippen LogP contribution is 2.49. The Morgan fingerprint density at radius 2 is 1.91 bits per heavy atom. The second-order valence-corrected chi connectivity index (χ2v) is 9.12. The van der Waals surface area contributed by atoms with Gasteiger partial charge in [-0.15, -0.1) is 11.3 Å². The molecule has 0 fully saturated rings. The number of alkyl halides is 5. The van der Waals surface area contributed by atoms with Gasteiger partial charge in [0.05, 0.1) is 33.9 Å². The molecule has 0 bridgehead atoms. The van der Waals surface area contributed by atoms with Crippen molar-refractivity contribution < 1.29 is 45.8 Å². The van der Waals surface area contributed by atoms with Gasteiger partial charge in [0.2, 0.25) is 5.78 Å². The van der Waals surface area contributed by atoms with E-state index in [-0.39, 0.29) is 39.4 Å². The molecule has 2 aliphatic rings. The van der Waals surface area contributed by atoms with E-state index in [2.05, 4.69) is 4.99 Å². The minimum absolute atomic E-state index is 0.0661. The first-order valence-corrected chi connectivity index (χ1v) is 10.3. The van der Waals surface area contributed by atoms with Crippen molar-refractivity contribution >= 4 is 40.6 Å². The summed E-state index contributed by atoms with van der Waals surface area (Å²) in [4.78, 5) is 28.4. The summed E-state index contributed by atoms with van der Waals surface area (Å²) < 4.78 is 83.2. The van der Waals surface area contributed by atoms with Gasteiger partial charge in [-0.3, -0.25) is 14.6 Å². The average molecular weight is 497 g/mol. The van der Waals surface area contributed by atoms with E-state index in [1.807, 2.05) is 0 Å². The summed E-state index contributed by atoms with van der Waals surface area (Å²) in [6.45, 7) is 1.49. The van der Waals surface area contributed by atoms with Gasteiger partial charge in [0, 0.05) is 17.7 Å². The number of allylic oxidation sites excluding steroid dienone is 4. The lowest BCUT2D eigenvalue weighted by molar-refractivity contribution is -0.237. The van der Waals surface area contributed by atoms with Gasteiger partial charge >= 0.3 is 17.4 Å². The predicted octanol–water partition coefficient (Wildman–Crippen LogP) is 5.91. The Bertz CT molecular complexity index is 1130. The monoisotopic (exact) mass is 497 g/mol. The van der Waals surface area contributed by atoms with E-state index >= 15 is 0 Å². The van der Waals surface area contributed by atoms with Crippen LogP contribution >= 0.6 is 23.1 Å². The minimum atomic E-state index is -5.79. The second kappa shape index (κ2) is 8.43. The summed E-state index contributed by atoms with van der Waals surface area (Å²) >= 11 is -0.395. The van der Waals surface area contributed by atoms with Gasteiger partial charge in [-0.05, 0) is 36.4 Å². The van der Waals surface area contributed by atoms with Crippen LogP contribution in [0.15, 0.2) is 55.3 Å². The second-order valence-electron chi connectivity index (χ2n) is 6.62. The Kier molecular flexibility index (Phi) is 6.35. The van der Waals surface area contributed by atoms with Crippen LogP contribution in [0.1, 0.15) is 29.4 Å². The molecule has 1 aliphatic heterocycles. The van der Waals surface area contributed by atoms with E-state index in [1.54, 1.807) is 0 Å². The lowest BCUT2D eigenvalue weighted by Crippen LogP contribution is -2.32. The number of aliphatic carboxylic acids is 1. The third-order valence-corrected chi connectivity index (χ3v) is 6.70. The lowest BCUT2D eigenvalue weighted by Gasteiger charge is -2.21. The SMILES string of the molecule is COC1=C(F)CC2=NC(C)=C(CC(=O)O)C2=C1C(=O)c1ccc(SC(F)(F)C(F)(F)F)s1. The Balaban J connectivity index is 2.07. The van der Waals surface area contributed by atoms with E-state index in [0.717, 1.165) is 19.2 Å². The number of halogens is 6. The summed E-state index contributed by atoms with van der Waals surface area (Å²) in [5, 5.41) is 4.13. The topological polar surface area (TPSA) is 76.0 Å². The summed E-state index contributed by atoms with van der Waals surface area (Å²) in [6.07, 6.45) is -6.66. The molecule has 32 heavy (non-hydrogen) atoms. The van der Waals surface area contributed by atoms with Crippen molar-refractivity contribution in [2.24, 2.45) is 4.99 Å². The first kappa shape index (κ1) is 24.1. The number of carbonyl (C=O) groups excluding carboxylic acids is 1. The van der Waals surface area contributed by atoms with E-state index in [4.69, 9.17) is 4.74 Å². The van der Waals surface area contributed by atoms with Gasteiger partial charge in [0.1, 0.15) is 5.83 Å². The highest BCUT2D eigenvalue weighted by molar-refractivity contribution is 8.02. The number of hydrogen-bond acceptors (Lipinski definition) is 6. The number of nitrogens with zero attached hydrogens (tertiary/aromatic N) is 1. The molecule has 3 rings (SSSR count). The van der Waals surface area contributed by atoms with Crippen LogP contribution in [0, 0.1) is 0 Å². The van der Waals surface area contributed by atoms with Crippen molar-refractivity contribution in [3.8, 4) is 0 Å². The van der Waals surface area contributed by atoms with Gasteiger partial charge in [0.15, 0.2) is 5.76 Å². The van der Waals surface area contributed by atoms with Crippen LogP contribution < -0.4 is 0 Å². The number of thioether (sulfide) groups is 1. The fraction of sp³-hybridized carbons (Fsp3) is 0.316. The number of rotatable bonds is 7. The summed E-state index contributed by atoms with van der Waals surface area (Å²) in [6, 6.07) is 1.96. The quantitative estimate of drug-likeness (QED) is 0.288. The minimum Gasteiger partial charge on any atom is -0.493 e. The number of ether oxygens (including phenoxy) is 1. The van der Waals surface area contributed by atoms with Crippen LogP contribution in [-0.2, 0) is 9.53 Å². The van der Waals surface area contributed by atoms with E-state index in [0.29, 0.717) is 11.3 Å². The maximum atomic E-state index is 14.6. The number of methoxy groups -OCH3 is 1. The Morgan fingerprint density at radius 3 is 2.47 bits per heavy atom. The van der Waals surface area contributed by atoms with E-state index in [1.165, 1.54) is 6.92 Å². The summed E-state index contributed by atoms with van der Waals surface area (Å²) in [5.41, 5.74) is 0.239. The molecule has 5 nitrogen and oxygen atoms in total. The van der Waals surface area contributed by atoms with Crippen molar-refractivity contribution in [2.45, 2.75) is 35.4 Å². The Morgan fingerprint density at radius 1 is 1.25 bits per heavy atom. The molecular formula is C19H13F6NO4S2. The van der Waals surface area contributed by atoms with Crippen molar-refractivity contribution in [1.82, 2.24) is 0 Å². The molecule has 1 aromatic rings. The normalized spacial score (nSPS) is 17.1. The van der Waals surface area contributed by atoms with E-state index < -0.39 is 57.2 Å². The molecule has 0 saturated heterocycles. The molecule has 1 N–H and O–H groups in total. The number of fused-ring (bicyclic) bond motifs is 1. The van der Waals surface area contributed by atoms with Crippen LogP contribution in [0.3, 0.4) is 0 Å². The zero-order valence-electron chi connectivity index (χ0n) is 16.3. The van der Waals surface area contributed by atoms with Crippen LogP contribution in [-0.4, -0.2) is 41.1 Å². The van der Waals surface area contributed by atoms with Gasteiger partial charge < -0.3 is 9.84 Å². The molecule has 0 amide bonds. The predicted molar refractivity (Wildman–Crippen MR) is 105 cm³/mol. The number of carbonyl (C=O) groups is 2.